The van der Waals surface area contributed by atoms with Crippen molar-refractivity contribution >= 4 is 34.2 Å². The number of benzene rings is 2. The molecule has 1 aromatic heterocycles. The SMILES string of the molecule is Clc1ccc2c(c1)N[C@@H](c1ccc3nccnc3c1)N1CCN=C21. The first-order valence-electron chi connectivity index (χ1n) is 7.88. The Morgan fingerprint density at radius 2 is 1.92 bits per heavy atom. The van der Waals surface area contributed by atoms with Crippen LogP contribution in [0.15, 0.2) is 53.8 Å². The van der Waals surface area contributed by atoms with Crippen LogP contribution in [-0.2, 0) is 0 Å². The average molecular weight is 336 g/mol. The number of fused-ring (bicyclic) bond motifs is 4. The molecule has 0 saturated carbocycles. The number of hydrogen-bond donors (Lipinski definition) is 1. The van der Waals surface area contributed by atoms with E-state index in [-0.39, 0.29) is 6.17 Å². The standard InChI is InChI=1S/C18H14ClN5/c19-12-2-3-13-15(10-12)23-17(24-8-7-22-18(13)24)11-1-4-14-16(9-11)21-6-5-20-14/h1-6,9-10,17,23H,7-8H2/t17-/m1/s1. The van der Waals surface area contributed by atoms with E-state index in [1.54, 1.807) is 12.4 Å². The first-order chi connectivity index (χ1) is 11.8. The van der Waals surface area contributed by atoms with Gasteiger partial charge in [-0.1, -0.05) is 17.7 Å². The number of nitrogens with zero attached hydrogens (tertiary/aromatic N) is 4. The van der Waals surface area contributed by atoms with E-state index in [1.165, 1.54) is 0 Å². The minimum atomic E-state index is 0.0172. The fourth-order valence-corrected chi connectivity index (χ4v) is 3.59. The van der Waals surface area contributed by atoms with E-state index in [2.05, 4.69) is 32.3 Å². The number of anilines is 1. The molecule has 3 heterocycles. The van der Waals surface area contributed by atoms with Crippen LogP contribution in [-0.4, -0.2) is 33.8 Å². The molecule has 2 aromatic carbocycles. The van der Waals surface area contributed by atoms with Crippen LogP contribution >= 0.6 is 11.6 Å². The third kappa shape index (κ3) is 2.05. The molecule has 118 valence electrons. The Balaban J connectivity index is 1.64. The van der Waals surface area contributed by atoms with Gasteiger partial charge in [-0.15, -0.1) is 0 Å². The summed E-state index contributed by atoms with van der Waals surface area (Å²) in [7, 11) is 0. The summed E-state index contributed by atoms with van der Waals surface area (Å²) >= 11 is 6.18. The molecule has 0 saturated heterocycles. The van der Waals surface area contributed by atoms with Gasteiger partial charge in [0, 0.05) is 35.2 Å². The third-order valence-corrected chi connectivity index (χ3v) is 4.75. The van der Waals surface area contributed by atoms with Crippen LogP contribution in [0.3, 0.4) is 0 Å². The molecule has 0 unspecified atom stereocenters. The van der Waals surface area contributed by atoms with Gasteiger partial charge in [0.25, 0.3) is 0 Å². The molecule has 5 nitrogen and oxygen atoms in total. The molecule has 0 aliphatic carbocycles. The Bertz CT molecular complexity index is 984. The van der Waals surface area contributed by atoms with Gasteiger partial charge in [0.1, 0.15) is 12.0 Å². The normalized spacial score (nSPS) is 18.8. The summed E-state index contributed by atoms with van der Waals surface area (Å²) in [5.74, 6) is 1.03. The number of rotatable bonds is 1. The molecule has 0 bridgehead atoms. The van der Waals surface area contributed by atoms with E-state index in [0.717, 1.165) is 51.8 Å². The van der Waals surface area contributed by atoms with Crippen molar-refractivity contribution in [1.82, 2.24) is 14.9 Å². The van der Waals surface area contributed by atoms with Gasteiger partial charge >= 0.3 is 0 Å². The number of halogens is 1. The van der Waals surface area contributed by atoms with E-state index in [0.29, 0.717) is 0 Å². The number of aliphatic imine (C=N–C) groups is 1. The van der Waals surface area contributed by atoms with Crippen molar-refractivity contribution in [3.8, 4) is 0 Å². The van der Waals surface area contributed by atoms with Gasteiger partial charge in [-0.3, -0.25) is 15.0 Å². The lowest BCUT2D eigenvalue weighted by Gasteiger charge is -2.37. The molecule has 0 fully saturated rings. The van der Waals surface area contributed by atoms with E-state index in [4.69, 9.17) is 16.6 Å². The van der Waals surface area contributed by atoms with Crippen LogP contribution in [0, 0.1) is 0 Å². The lowest BCUT2D eigenvalue weighted by molar-refractivity contribution is 0.370. The number of amidine groups is 1. The molecule has 1 atom stereocenters. The van der Waals surface area contributed by atoms with Gasteiger partial charge in [0.05, 0.1) is 17.6 Å². The quantitative estimate of drug-likeness (QED) is 0.740. The van der Waals surface area contributed by atoms with Gasteiger partial charge in [-0.25, -0.2) is 0 Å². The van der Waals surface area contributed by atoms with E-state index < -0.39 is 0 Å². The Kier molecular flexibility index (Phi) is 2.97. The minimum Gasteiger partial charge on any atom is -0.361 e. The van der Waals surface area contributed by atoms with Gasteiger partial charge in [-0.2, -0.15) is 0 Å². The summed E-state index contributed by atoms with van der Waals surface area (Å²) in [6, 6.07) is 12.1. The van der Waals surface area contributed by atoms with Crippen LogP contribution in [0.25, 0.3) is 11.0 Å². The molecule has 24 heavy (non-hydrogen) atoms. The monoisotopic (exact) mass is 335 g/mol. The zero-order valence-corrected chi connectivity index (χ0v) is 13.5. The van der Waals surface area contributed by atoms with Crippen molar-refractivity contribution in [1.29, 1.82) is 0 Å². The lowest BCUT2D eigenvalue weighted by Crippen LogP contribution is -2.41. The van der Waals surface area contributed by atoms with Crippen LogP contribution in [0.5, 0.6) is 0 Å². The van der Waals surface area contributed by atoms with Gasteiger partial charge in [0.2, 0.25) is 0 Å². The number of hydrogen-bond acceptors (Lipinski definition) is 5. The molecule has 6 heteroatoms. The summed E-state index contributed by atoms with van der Waals surface area (Å²) in [6.45, 7) is 1.70. The van der Waals surface area contributed by atoms with Crippen LogP contribution in [0.2, 0.25) is 5.02 Å². The Morgan fingerprint density at radius 1 is 1.04 bits per heavy atom. The maximum atomic E-state index is 6.18. The largest absolute Gasteiger partial charge is 0.361 e. The van der Waals surface area contributed by atoms with Gasteiger partial charge < -0.3 is 10.2 Å². The van der Waals surface area contributed by atoms with Crippen molar-refractivity contribution < 1.29 is 0 Å². The molecule has 2 aliphatic heterocycles. The molecule has 0 amide bonds. The number of aromatic nitrogens is 2. The van der Waals surface area contributed by atoms with Crippen molar-refractivity contribution in [2.24, 2.45) is 4.99 Å². The highest BCUT2D eigenvalue weighted by atomic mass is 35.5. The minimum absolute atomic E-state index is 0.0172. The first kappa shape index (κ1) is 13.7. The summed E-state index contributed by atoms with van der Waals surface area (Å²) in [6.07, 6.45) is 3.45. The molecular formula is C18H14ClN5. The average Bonchev–Trinajstić information content (AvgIpc) is 3.10. The lowest BCUT2D eigenvalue weighted by atomic mass is 10.0. The summed E-state index contributed by atoms with van der Waals surface area (Å²) in [5, 5.41) is 4.32. The maximum absolute atomic E-state index is 6.18. The van der Waals surface area contributed by atoms with E-state index in [9.17, 15) is 0 Å². The maximum Gasteiger partial charge on any atom is 0.135 e. The zero-order valence-electron chi connectivity index (χ0n) is 12.8. The molecule has 0 spiro atoms. The number of nitrogens with one attached hydrogen (secondary N) is 1. The van der Waals surface area contributed by atoms with Crippen molar-refractivity contribution in [3.63, 3.8) is 0 Å². The van der Waals surface area contributed by atoms with Gasteiger partial charge in [-0.05, 0) is 35.9 Å². The highest BCUT2D eigenvalue weighted by Crippen LogP contribution is 2.36. The second-order valence-electron chi connectivity index (χ2n) is 5.94. The van der Waals surface area contributed by atoms with Crippen molar-refractivity contribution in [2.45, 2.75) is 6.17 Å². The molecule has 5 rings (SSSR count). The fourth-order valence-electron chi connectivity index (χ4n) is 3.42. The Morgan fingerprint density at radius 3 is 2.83 bits per heavy atom. The highest BCUT2D eigenvalue weighted by molar-refractivity contribution is 6.31. The van der Waals surface area contributed by atoms with Gasteiger partial charge in [0.15, 0.2) is 0 Å². The van der Waals surface area contributed by atoms with Crippen LogP contribution in [0.4, 0.5) is 5.69 Å². The van der Waals surface area contributed by atoms with Crippen LogP contribution < -0.4 is 5.32 Å². The topological polar surface area (TPSA) is 53.4 Å². The predicted octanol–water partition coefficient (Wildman–Crippen LogP) is 3.47. The molecule has 1 N–H and O–H groups in total. The van der Waals surface area contributed by atoms with Crippen molar-refractivity contribution in [2.75, 3.05) is 18.4 Å². The Hall–Kier alpha value is -2.66. The molecule has 0 radical (unpaired) electrons. The molecule has 3 aromatic rings. The summed E-state index contributed by atoms with van der Waals surface area (Å²) in [4.78, 5) is 15.8. The second kappa shape index (κ2) is 5.18. The molecular weight excluding hydrogens is 322 g/mol. The fraction of sp³-hybridized carbons (Fsp3) is 0.167. The van der Waals surface area contributed by atoms with Crippen LogP contribution in [0.1, 0.15) is 17.3 Å². The zero-order chi connectivity index (χ0) is 16.1. The second-order valence-corrected chi connectivity index (χ2v) is 6.38. The Labute approximate surface area is 144 Å². The van der Waals surface area contributed by atoms with E-state index in [1.807, 2.05) is 24.3 Å². The smallest absolute Gasteiger partial charge is 0.135 e. The molecule has 2 aliphatic rings. The van der Waals surface area contributed by atoms with E-state index >= 15 is 0 Å². The predicted molar refractivity (Wildman–Crippen MR) is 95.5 cm³/mol. The summed E-state index contributed by atoms with van der Waals surface area (Å²) < 4.78 is 0. The van der Waals surface area contributed by atoms with Crippen molar-refractivity contribution in [3.05, 3.63) is 64.9 Å². The first-order valence-corrected chi connectivity index (χ1v) is 8.26. The highest BCUT2D eigenvalue weighted by Gasteiger charge is 2.33. The third-order valence-electron chi connectivity index (χ3n) is 4.51. The summed E-state index contributed by atoms with van der Waals surface area (Å²) in [5.41, 5.74) is 5.06.